The monoisotopic (exact) mass is 720 g/mol. The molecule has 2 nitrogen and oxygen atoms in total. The topological polar surface area (TPSA) is 6.48 Å². The highest BCUT2D eigenvalue weighted by Crippen LogP contribution is 2.52. The molecule has 56 heavy (non-hydrogen) atoms. The number of fused-ring (bicyclic) bond motifs is 6. The summed E-state index contributed by atoms with van der Waals surface area (Å²) >= 11 is 0. The molecule has 8 aromatic carbocycles. The lowest BCUT2D eigenvalue weighted by molar-refractivity contribution is 0.660. The molecule has 0 aromatic heterocycles. The highest BCUT2D eigenvalue weighted by Gasteiger charge is 2.37. The minimum Gasteiger partial charge on any atom is -0.310 e. The van der Waals surface area contributed by atoms with Gasteiger partial charge in [0.2, 0.25) is 0 Å². The summed E-state index contributed by atoms with van der Waals surface area (Å²) in [5.74, 6) is 0. The molecule has 0 spiro atoms. The number of anilines is 6. The summed E-state index contributed by atoms with van der Waals surface area (Å²) in [4.78, 5) is 4.74. The zero-order valence-electron chi connectivity index (χ0n) is 32.4. The van der Waals surface area contributed by atoms with Gasteiger partial charge in [-0.25, -0.2) is 0 Å². The largest absolute Gasteiger partial charge is 0.310 e. The fourth-order valence-electron chi connectivity index (χ4n) is 9.35. The molecule has 0 N–H and O–H groups in total. The minimum absolute atomic E-state index is 0.0259. The van der Waals surface area contributed by atoms with Gasteiger partial charge in [-0.15, -0.1) is 0 Å². The van der Waals surface area contributed by atoms with Crippen molar-refractivity contribution in [1.82, 2.24) is 0 Å². The van der Waals surface area contributed by atoms with E-state index < -0.39 is 0 Å². The molecule has 2 heteroatoms. The standard InChI is InChI=1S/C54H44N2/c1-53(2)49-21-13-11-19-45(49)47-35-43(31-33-51(47)53)55(39-15-7-5-8-16-39)41-27-23-37(24-28-41)38-25-29-42(30-26-38)56(40-17-9-6-10-18-40)44-32-34-52-48(36-44)46-20-12-14-22-50(46)54(52,3)4/h5-36H,1-4H3. The van der Waals surface area contributed by atoms with E-state index in [-0.39, 0.29) is 10.8 Å². The van der Waals surface area contributed by atoms with Crippen molar-refractivity contribution in [2.45, 2.75) is 38.5 Å². The third kappa shape index (κ3) is 5.39. The minimum atomic E-state index is -0.0259. The molecule has 0 fully saturated rings. The van der Waals surface area contributed by atoms with Gasteiger partial charge in [0, 0.05) is 45.0 Å². The lowest BCUT2D eigenvalue weighted by Gasteiger charge is -2.27. The first-order valence-electron chi connectivity index (χ1n) is 19.7. The van der Waals surface area contributed by atoms with Crippen LogP contribution in [-0.4, -0.2) is 0 Å². The number of hydrogen-bond donors (Lipinski definition) is 0. The molecule has 8 aromatic rings. The van der Waals surface area contributed by atoms with Crippen LogP contribution in [0.5, 0.6) is 0 Å². The molecule has 0 saturated heterocycles. The van der Waals surface area contributed by atoms with Gasteiger partial charge in [-0.05, 0) is 128 Å². The van der Waals surface area contributed by atoms with Gasteiger partial charge >= 0.3 is 0 Å². The van der Waals surface area contributed by atoms with Crippen molar-refractivity contribution in [3.63, 3.8) is 0 Å². The number of hydrogen-bond acceptors (Lipinski definition) is 2. The van der Waals surface area contributed by atoms with E-state index in [1.807, 2.05) is 0 Å². The zero-order valence-corrected chi connectivity index (χ0v) is 32.4. The third-order valence-corrected chi connectivity index (χ3v) is 12.3. The first kappa shape index (κ1) is 33.9. The summed E-state index contributed by atoms with van der Waals surface area (Å²) < 4.78 is 0. The quantitative estimate of drug-likeness (QED) is 0.162. The van der Waals surface area contributed by atoms with Gasteiger partial charge in [0.05, 0.1) is 0 Å². The lowest BCUT2D eigenvalue weighted by Crippen LogP contribution is -2.15. The summed E-state index contributed by atoms with van der Waals surface area (Å²) in [6.45, 7) is 9.35. The molecule has 0 saturated carbocycles. The molecule has 0 radical (unpaired) electrons. The van der Waals surface area contributed by atoms with Gasteiger partial charge in [0.1, 0.15) is 0 Å². The Morgan fingerprint density at radius 3 is 0.964 bits per heavy atom. The second-order valence-electron chi connectivity index (χ2n) is 16.2. The van der Waals surface area contributed by atoms with E-state index in [0.717, 1.165) is 34.1 Å². The van der Waals surface area contributed by atoms with E-state index in [4.69, 9.17) is 0 Å². The van der Waals surface area contributed by atoms with Crippen LogP contribution in [0, 0.1) is 0 Å². The maximum Gasteiger partial charge on any atom is 0.0468 e. The molecule has 0 atom stereocenters. The molecule has 0 unspecified atom stereocenters. The fourth-order valence-corrected chi connectivity index (χ4v) is 9.35. The predicted molar refractivity (Wildman–Crippen MR) is 236 cm³/mol. The Kier molecular flexibility index (Phi) is 7.87. The molecule has 270 valence electrons. The number of nitrogens with zero attached hydrogens (tertiary/aromatic N) is 2. The van der Waals surface area contributed by atoms with Crippen LogP contribution >= 0.6 is 0 Å². The van der Waals surface area contributed by atoms with E-state index in [1.54, 1.807) is 0 Å². The van der Waals surface area contributed by atoms with Crippen molar-refractivity contribution in [3.05, 3.63) is 216 Å². The van der Waals surface area contributed by atoms with Gasteiger partial charge in [0.15, 0.2) is 0 Å². The number of para-hydroxylation sites is 2. The highest BCUT2D eigenvalue weighted by atomic mass is 15.1. The van der Waals surface area contributed by atoms with Crippen LogP contribution in [0.15, 0.2) is 194 Å². The second-order valence-corrected chi connectivity index (χ2v) is 16.2. The van der Waals surface area contributed by atoms with E-state index in [9.17, 15) is 0 Å². The van der Waals surface area contributed by atoms with Gasteiger partial charge in [-0.1, -0.05) is 149 Å². The molecule has 0 bridgehead atoms. The Morgan fingerprint density at radius 1 is 0.268 bits per heavy atom. The van der Waals surface area contributed by atoms with Crippen LogP contribution in [0.25, 0.3) is 33.4 Å². The van der Waals surface area contributed by atoms with E-state index in [2.05, 4.69) is 232 Å². The second kappa shape index (κ2) is 13.0. The van der Waals surface area contributed by atoms with Crippen molar-refractivity contribution < 1.29 is 0 Å². The normalized spacial score (nSPS) is 14.0. The molecule has 10 rings (SSSR count). The Hall–Kier alpha value is -6.64. The molecule has 0 amide bonds. The van der Waals surface area contributed by atoms with Crippen molar-refractivity contribution in [1.29, 1.82) is 0 Å². The Balaban J connectivity index is 0.990. The predicted octanol–water partition coefficient (Wildman–Crippen LogP) is 14.9. The van der Waals surface area contributed by atoms with Crippen LogP contribution in [0.2, 0.25) is 0 Å². The Labute approximate surface area is 331 Å². The summed E-state index contributed by atoms with van der Waals surface area (Å²) in [7, 11) is 0. The molecule has 0 aliphatic heterocycles. The first-order valence-corrected chi connectivity index (χ1v) is 19.7. The maximum absolute atomic E-state index is 2.38. The summed E-state index contributed by atoms with van der Waals surface area (Å²) in [6, 6.07) is 71.1. The summed E-state index contributed by atoms with van der Waals surface area (Å²) in [5.41, 5.74) is 20.0. The third-order valence-electron chi connectivity index (χ3n) is 12.3. The van der Waals surface area contributed by atoms with Crippen LogP contribution in [0.1, 0.15) is 49.9 Å². The van der Waals surface area contributed by atoms with Gasteiger partial charge < -0.3 is 9.80 Å². The van der Waals surface area contributed by atoms with E-state index in [1.165, 1.54) is 55.6 Å². The average Bonchev–Trinajstić information content (AvgIpc) is 3.61. The van der Waals surface area contributed by atoms with Crippen molar-refractivity contribution >= 4 is 34.1 Å². The van der Waals surface area contributed by atoms with Gasteiger partial charge in [-0.3, -0.25) is 0 Å². The number of rotatable bonds is 7. The molecule has 2 aliphatic carbocycles. The fraction of sp³-hybridized carbons (Fsp3) is 0.111. The molecule has 2 aliphatic rings. The highest BCUT2D eigenvalue weighted by molar-refractivity contribution is 5.89. The van der Waals surface area contributed by atoms with Crippen molar-refractivity contribution in [2.75, 3.05) is 9.80 Å². The van der Waals surface area contributed by atoms with Gasteiger partial charge in [0.25, 0.3) is 0 Å². The Morgan fingerprint density at radius 2 is 0.571 bits per heavy atom. The van der Waals surface area contributed by atoms with Crippen LogP contribution in [-0.2, 0) is 10.8 Å². The molecule has 0 heterocycles. The van der Waals surface area contributed by atoms with Crippen molar-refractivity contribution in [3.8, 4) is 33.4 Å². The average molecular weight is 721 g/mol. The van der Waals surface area contributed by atoms with Crippen LogP contribution < -0.4 is 9.80 Å². The Bertz CT molecular complexity index is 2530. The van der Waals surface area contributed by atoms with Gasteiger partial charge in [-0.2, -0.15) is 0 Å². The summed E-state index contributed by atoms with van der Waals surface area (Å²) in [6.07, 6.45) is 0. The first-order chi connectivity index (χ1) is 27.3. The van der Waals surface area contributed by atoms with Crippen LogP contribution in [0.4, 0.5) is 34.1 Å². The lowest BCUT2D eigenvalue weighted by atomic mass is 9.82. The van der Waals surface area contributed by atoms with E-state index in [0.29, 0.717) is 0 Å². The molecular formula is C54H44N2. The smallest absolute Gasteiger partial charge is 0.0468 e. The zero-order chi connectivity index (χ0) is 38.0. The van der Waals surface area contributed by atoms with Crippen LogP contribution in [0.3, 0.4) is 0 Å². The maximum atomic E-state index is 2.38. The number of benzene rings is 8. The molecular weight excluding hydrogens is 677 g/mol. The van der Waals surface area contributed by atoms with E-state index >= 15 is 0 Å². The SMILES string of the molecule is CC1(C)c2ccccc2-c2cc(N(c3ccccc3)c3ccc(-c4ccc(N(c5ccccc5)c5ccc6c(c5)-c5ccccc5C6(C)C)cc4)cc3)ccc21. The van der Waals surface area contributed by atoms with Crippen molar-refractivity contribution in [2.24, 2.45) is 0 Å². The summed E-state index contributed by atoms with van der Waals surface area (Å²) in [5, 5.41) is 0.